The zero-order valence-electron chi connectivity index (χ0n) is 10.4. The zero-order chi connectivity index (χ0) is 11.3. The molecule has 1 aromatic rings. The number of benzene rings is 1. The summed E-state index contributed by atoms with van der Waals surface area (Å²) in [5.74, 6) is 0.773. The van der Waals surface area contributed by atoms with Gasteiger partial charge in [-0.15, -0.1) is 0 Å². The number of aryl methyl sites for hydroxylation is 2. The highest BCUT2D eigenvalue weighted by atomic mass is 14.9. The van der Waals surface area contributed by atoms with Gasteiger partial charge in [-0.1, -0.05) is 38.5 Å². The Balaban J connectivity index is 2.50. The first-order valence-corrected chi connectivity index (χ1v) is 5.91. The van der Waals surface area contributed by atoms with E-state index in [1.165, 1.54) is 23.1 Å². The summed E-state index contributed by atoms with van der Waals surface area (Å²) in [5.41, 5.74) is 4.25. The molecule has 1 unspecified atom stereocenters. The van der Waals surface area contributed by atoms with Gasteiger partial charge in [-0.25, -0.2) is 0 Å². The second-order valence-electron chi connectivity index (χ2n) is 4.51. The van der Waals surface area contributed by atoms with Crippen LogP contribution in [0.15, 0.2) is 18.2 Å². The van der Waals surface area contributed by atoms with E-state index in [2.05, 4.69) is 51.2 Å². The predicted molar refractivity (Wildman–Crippen MR) is 67.1 cm³/mol. The second kappa shape index (κ2) is 5.92. The topological polar surface area (TPSA) is 12.0 Å². The maximum absolute atomic E-state index is 3.53. The van der Waals surface area contributed by atoms with Crippen molar-refractivity contribution in [1.82, 2.24) is 5.32 Å². The fraction of sp³-hybridized carbons (Fsp3) is 0.571. The second-order valence-corrected chi connectivity index (χ2v) is 4.51. The first-order chi connectivity index (χ1) is 7.15. The molecule has 0 saturated carbocycles. The van der Waals surface area contributed by atoms with Crippen molar-refractivity contribution in [3.8, 4) is 0 Å². The molecule has 1 heteroatoms. The molecule has 0 amide bonds. The summed E-state index contributed by atoms with van der Waals surface area (Å²) in [6.07, 6.45) is 1.25. The zero-order valence-corrected chi connectivity index (χ0v) is 10.4. The number of hydrogen-bond acceptors (Lipinski definition) is 1. The van der Waals surface area contributed by atoms with Gasteiger partial charge in [0.2, 0.25) is 0 Å². The number of nitrogens with one attached hydrogen (secondary N) is 1. The van der Waals surface area contributed by atoms with Crippen LogP contribution >= 0.6 is 0 Å². The van der Waals surface area contributed by atoms with Gasteiger partial charge in [0.1, 0.15) is 0 Å². The van der Waals surface area contributed by atoms with Crippen LogP contribution in [0.3, 0.4) is 0 Å². The molecule has 15 heavy (non-hydrogen) atoms. The minimum atomic E-state index is 0.773. The average Bonchev–Trinajstić information content (AvgIpc) is 2.22. The van der Waals surface area contributed by atoms with E-state index in [0.29, 0.717) is 0 Å². The third-order valence-corrected chi connectivity index (χ3v) is 3.14. The lowest BCUT2D eigenvalue weighted by Crippen LogP contribution is -2.21. The van der Waals surface area contributed by atoms with Gasteiger partial charge in [-0.3, -0.25) is 0 Å². The molecule has 84 valence electrons. The van der Waals surface area contributed by atoms with E-state index in [1.54, 1.807) is 0 Å². The monoisotopic (exact) mass is 205 g/mol. The predicted octanol–water partition coefficient (Wildman–Crippen LogP) is 3.44. The minimum absolute atomic E-state index is 0.773. The summed E-state index contributed by atoms with van der Waals surface area (Å²) in [4.78, 5) is 0. The molecule has 0 heterocycles. The molecule has 0 aliphatic heterocycles. The smallest absolute Gasteiger partial charge is 0.0210 e. The van der Waals surface area contributed by atoms with Crippen molar-refractivity contribution in [3.05, 3.63) is 34.9 Å². The third kappa shape index (κ3) is 3.67. The van der Waals surface area contributed by atoms with Crippen LogP contribution in [0.25, 0.3) is 0 Å². The highest BCUT2D eigenvalue weighted by Crippen LogP contribution is 2.12. The van der Waals surface area contributed by atoms with Crippen molar-refractivity contribution in [2.45, 2.75) is 40.7 Å². The summed E-state index contributed by atoms with van der Waals surface area (Å²) in [5, 5.41) is 3.53. The SMILES string of the molecule is CCC(C)CNCc1c(C)cccc1C. The van der Waals surface area contributed by atoms with Crippen molar-refractivity contribution >= 4 is 0 Å². The fourth-order valence-corrected chi connectivity index (χ4v) is 1.72. The van der Waals surface area contributed by atoms with Crippen LogP contribution < -0.4 is 5.32 Å². The maximum Gasteiger partial charge on any atom is 0.0210 e. The van der Waals surface area contributed by atoms with Crippen molar-refractivity contribution in [2.75, 3.05) is 6.54 Å². The van der Waals surface area contributed by atoms with E-state index >= 15 is 0 Å². The van der Waals surface area contributed by atoms with Crippen LogP contribution in [0.5, 0.6) is 0 Å². The molecule has 0 aliphatic rings. The third-order valence-electron chi connectivity index (χ3n) is 3.14. The Morgan fingerprint density at radius 1 is 1.20 bits per heavy atom. The van der Waals surface area contributed by atoms with Crippen LogP contribution in [0.1, 0.15) is 37.0 Å². The lowest BCUT2D eigenvalue weighted by Gasteiger charge is -2.13. The van der Waals surface area contributed by atoms with E-state index in [-0.39, 0.29) is 0 Å². The lowest BCUT2D eigenvalue weighted by atomic mass is 10.0. The number of rotatable bonds is 5. The molecule has 0 spiro atoms. The van der Waals surface area contributed by atoms with Crippen LogP contribution in [-0.4, -0.2) is 6.54 Å². The molecule has 0 fully saturated rings. The van der Waals surface area contributed by atoms with Crippen LogP contribution in [0, 0.1) is 19.8 Å². The van der Waals surface area contributed by atoms with E-state index in [0.717, 1.165) is 19.0 Å². The highest BCUT2D eigenvalue weighted by molar-refractivity contribution is 5.33. The van der Waals surface area contributed by atoms with Crippen molar-refractivity contribution < 1.29 is 0 Å². The molecule has 1 rings (SSSR count). The number of hydrogen-bond donors (Lipinski definition) is 1. The van der Waals surface area contributed by atoms with Crippen molar-refractivity contribution in [3.63, 3.8) is 0 Å². The van der Waals surface area contributed by atoms with Gasteiger partial charge < -0.3 is 5.32 Å². The Morgan fingerprint density at radius 2 is 1.80 bits per heavy atom. The van der Waals surface area contributed by atoms with Crippen molar-refractivity contribution in [1.29, 1.82) is 0 Å². The molecule has 0 saturated heterocycles. The fourth-order valence-electron chi connectivity index (χ4n) is 1.72. The maximum atomic E-state index is 3.53. The van der Waals surface area contributed by atoms with Crippen LogP contribution in [0.4, 0.5) is 0 Å². The van der Waals surface area contributed by atoms with E-state index < -0.39 is 0 Å². The first-order valence-electron chi connectivity index (χ1n) is 5.91. The average molecular weight is 205 g/mol. The molecule has 1 nitrogen and oxygen atoms in total. The summed E-state index contributed by atoms with van der Waals surface area (Å²) < 4.78 is 0. The lowest BCUT2D eigenvalue weighted by molar-refractivity contribution is 0.499. The van der Waals surface area contributed by atoms with E-state index in [1.807, 2.05) is 0 Å². The molecule has 1 atom stereocenters. The molecule has 1 aromatic carbocycles. The molecular formula is C14H23N. The molecule has 0 aliphatic carbocycles. The quantitative estimate of drug-likeness (QED) is 0.776. The van der Waals surface area contributed by atoms with Gasteiger partial charge in [-0.05, 0) is 43.0 Å². The standard InChI is InChI=1S/C14H23N/c1-5-11(2)9-15-10-14-12(3)7-6-8-13(14)4/h6-8,11,15H,5,9-10H2,1-4H3. The summed E-state index contributed by atoms with van der Waals surface area (Å²) in [6.45, 7) is 11.0. The van der Waals surface area contributed by atoms with Gasteiger partial charge >= 0.3 is 0 Å². The van der Waals surface area contributed by atoms with Gasteiger partial charge in [0, 0.05) is 6.54 Å². The van der Waals surface area contributed by atoms with Crippen molar-refractivity contribution in [2.24, 2.45) is 5.92 Å². The Labute approximate surface area is 93.9 Å². The highest BCUT2D eigenvalue weighted by Gasteiger charge is 2.02. The minimum Gasteiger partial charge on any atom is -0.312 e. The normalized spacial score (nSPS) is 12.8. The Morgan fingerprint density at radius 3 is 2.33 bits per heavy atom. The first kappa shape index (κ1) is 12.3. The largest absolute Gasteiger partial charge is 0.312 e. The molecule has 0 aromatic heterocycles. The van der Waals surface area contributed by atoms with E-state index in [4.69, 9.17) is 0 Å². The summed E-state index contributed by atoms with van der Waals surface area (Å²) >= 11 is 0. The molecule has 1 N–H and O–H groups in total. The Hall–Kier alpha value is -0.820. The van der Waals surface area contributed by atoms with Gasteiger partial charge in [0.05, 0.1) is 0 Å². The summed E-state index contributed by atoms with van der Waals surface area (Å²) in [6, 6.07) is 6.50. The molecule has 0 bridgehead atoms. The summed E-state index contributed by atoms with van der Waals surface area (Å²) in [7, 11) is 0. The Bertz CT molecular complexity index is 284. The van der Waals surface area contributed by atoms with Gasteiger partial charge in [0.25, 0.3) is 0 Å². The van der Waals surface area contributed by atoms with Gasteiger partial charge in [-0.2, -0.15) is 0 Å². The molecular weight excluding hydrogens is 182 g/mol. The Kier molecular flexibility index (Phi) is 4.83. The van der Waals surface area contributed by atoms with E-state index in [9.17, 15) is 0 Å². The van der Waals surface area contributed by atoms with Gasteiger partial charge in [0.15, 0.2) is 0 Å². The van der Waals surface area contributed by atoms with Crippen LogP contribution in [-0.2, 0) is 6.54 Å². The molecule has 0 radical (unpaired) electrons. The van der Waals surface area contributed by atoms with Crippen LogP contribution in [0.2, 0.25) is 0 Å².